The molecule has 7 heteroatoms. The van der Waals surface area contributed by atoms with Crippen LogP contribution in [0.2, 0.25) is 0 Å². The van der Waals surface area contributed by atoms with Crippen molar-refractivity contribution >= 4 is 11.8 Å². The molecule has 0 radical (unpaired) electrons. The lowest BCUT2D eigenvalue weighted by atomic mass is 10.1. The number of aliphatic hydroxyl groups is 1. The van der Waals surface area contributed by atoms with Crippen LogP contribution < -0.4 is 0 Å². The highest BCUT2D eigenvalue weighted by atomic mass is 32.2. The zero-order valence-corrected chi connectivity index (χ0v) is 13.1. The minimum atomic E-state index is -0.0736. The highest BCUT2D eigenvalue weighted by Crippen LogP contribution is 2.30. The maximum absolute atomic E-state index is 9.45. The standard InChI is InChI=1S/C14H17N5OS/c1-4-10-11(6-15)13(18-17-12(10)5-2)21-14-16-7-9(8-20)19(14)3/h7,20H,4-5,8H2,1-3H3. The van der Waals surface area contributed by atoms with Crippen LogP contribution in [0.3, 0.4) is 0 Å². The molecule has 21 heavy (non-hydrogen) atoms. The third kappa shape index (κ3) is 2.91. The van der Waals surface area contributed by atoms with E-state index in [1.165, 1.54) is 11.8 Å². The van der Waals surface area contributed by atoms with E-state index in [9.17, 15) is 10.4 Å². The summed E-state index contributed by atoms with van der Waals surface area (Å²) in [5, 5.41) is 28.3. The van der Waals surface area contributed by atoms with Crippen molar-refractivity contribution in [1.29, 1.82) is 5.26 Å². The van der Waals surface area contributed by atoms with Gasteiger partial charge in [0.15, 0.2) is 5.16 Å². The first kappa shape index (κ1) is 15.5. The minimum absolute atomic E-state index is 0.0736. The zero-order valence-electron chi connectivity index (χ0n) is 12.3. The quantitative estimate of drug-likeness (QED) is 0.907. The highest BCUT2D eigenvalue weighted by Gasteiger charge is 2.17. The van der Waals surface area contributed by atoms with Gasteiger partial charge in [-0.25, -0.2) is 4.98 Å². The first-order valence-corrected chi connectivity index (χ1v) is 7.55. The molecule has 0 unspecified atom stereocenters. The number of aryl methyl sites for hydroxylation is 1. The SMILES string of the molecule is CCc1nnc(Sc2ncc(CO)n2C)c(C#N)c1CC. The van der Waals surface area contributed by atoms with Gasteiger partial charge in [0, 0.05) is 7.05 Å². The largest absolute Gasteiger partial charge is 0.390 e. The van der Waals surface area contributed by atoms with Crippen molar-refractivity contribution in [2.45, 2.75) is 43.5 Å². The molecule has 0 saturated heterocycles. The Labute approximate surface area is 127 Å². The molecular weight excluding hydrogens is 286 g/mol. The Morgan fingerprint density at radius 2 is 2.10 bits per heavy atom. The van der Waals surface area contributed by atoms with Gasteiger partial charge in [0.25, 0.3) is 0 Å². The molecule has 0 aliphatic carbocycles. The monoisotopic (exact) mass is 303 g/mol. The van der Waals surface area contributed by atoms with Gasteiger partial charge >= 0.3 is 0 Å². The Balaban J connectivity index is 2.45. The van der Waals surface area contributed by atoms with Crippen molar-refractivity contribution < 1.29 is 5.11 Å². The molecular formula is C14H17N5OS. The Hall–Kier alpha value is -1.91. The molecule has 0 aromatic carbocycles. The van der Waals surface area contributed by atoms with Gasteiger partial charge < -0.3 is 9.67 Å². The molecule has 2 heterocycles. The van der Waals surface area contributed by atoms with Gasteiger partial charge in [0.2, 0.25) is 0 Å². The summed E-state index contributed by atoms with van der Waals surface area (Å²) in [6, 6.07) is 2.24. The third-order valence-corrected chi connectivity index (χ3v) is 4.36. The average Bonchev–Trinajstić information content (AvgIpc) is 2.86. The van der Waals surface area contributed by atoms with Crippen molar-refractivity contribution in [2.75, 3.05) is 0 Å². The molecule has 0 fully saturated rings. The molecule has 2 aromatic heterocycles. The van der Waals surface area contributed by atoms with Crippen molar-refractivity contribution in [3.8, 4) is 6.07 Å². The van der Waals surface area contributed by atoms with Crippen LogP contribution in [0, 0.1) is 11.3 Å². The number of imidazole rings is 1. The number of aromatic nitrogens is 4. The van der Waals surface area contributed by atoms with E-state index in [1.807, 2.05) is 20.9 Å². The predicted molar refractivity (Wildman–Crippen MR) is 78.8 cm³/mol. The lowest BCUT2D eigenvalue weighted by molar-refractivity contribution is 0.271. The van der Waals surface area contributed by atoms with Crippen LogP contribution in [-0.2, 0) is 26.5 Å². The molecule has 2 rings (SSSR count). The van der Waals surface area contributed by atoms with E-state index < -0.39 is 0 Å². The fourth-order valence-electron chi connectivity index (χ4n) is 2.10. The van der Waals surface area contributed by atoms with Crippen molar-refractivity contribution in [2.24, 2.45) is 7.05 Å². The number of aliphatic hydroxyl groups excluding tert-OH is 1. The van der Waals surface area contributed by atoms with Gasteiger partial charge in [0.05, 0.1) is 29.8 Å². The second kappa shape index (κ2) is 6.70. The molecule has 0 amide bonds. The van der Waals surface area contributed by atoms with Crippen LogP contribution in [0.15, 0.2) is 16.4 Å². The summed E-state index contributed by atoms with van der Waals surface area (Å²) in [5.74, 6) is 0. The Morgan fingerprint density at radius 1 is 1.33 bits per heavy atom. The summed E-state index contributed by atoms with van der Waals surface area (Å²) < 4.78 is 1.78. The Kier molecular flexibility index (Phi) is 4.94. The molecule has 1 N–H and O–H groups in total. The van der Waals surface area contributed by atoms with E-state index >= 15 is 0 Å². The molecule has 2 aromatic rings. The van der Waals surface area contributed by atoms with Gasteiger partial charge in [-0.05, 0) is 30.2 Å². The molecule has 0 aliphatic heterocycles. The summed E-state index contributed by atoms with van der Waals surface area (Å²) in [4.78, 5) is 4.24. The number of nitriles is 1. The first-order chi connectivity index (χ1) is 10.2. The highest BCUT2D eigenvalue weighted by molar-refractivity contribution is 7.99. The fourth-order valence-corrected chi connectivity index (χ4v) is 2.98. The van der Waals surface area contributed by atoms with Crippen LogP contribution in [0.4, 0.5) is 0 Å². The summed E-state index contributed by atoms with van der Waals surface area (Å²) in [6.45, 7) is 3.94. The van der Waals surface area contributed by atoms with Crippen molar-refractivity contribution in [3.05, 3.63) is 28.7 Å². The topological polar surface area (TPSA) is 87.6 Å². The average molecular weight is 303 g/mol. The summed E-state index contributed by atoms with van der Waals surface area (Å²) >= 11 is 1.29. The van der Waals surface area contributed by atoms with Gasteiger partial charge in [-0.1, -0.05) is 13.8 Å². The summed E-state index contributed by atoms with van der Waals surface area (Å²) in [7, 11) is 1.82. The second-order valence-electron chi connectivity index (χ2n) is 4.48. The molecule has 0 saturated carbocycles. The normalized spacial score (nSPS) is 10.6. The second-order valence-corrected chi connectivity index (χ2v) is 5.43. The van der Waals surface area contributed by atoms with E-state index in [4.69, 9.17) is 0 Å². The molecule has 110 valence electrons. The lowest BCUT2D eigenvalue weighted by Crippen LogP contribution is -2.05. The van der Waals surface area contributed by atoms with E-state index in [1.54, 1.807) is 10.8 Å². The fraction of sp³-hybridized carbons (Fsp3) is 0.429. The van der Waals surface area contributed by atoms with Crippen LogP contribution in [0.5, 0.6) is 0 Å². The van der Waals surface area contributed by atoms with Crippen LogP contribution >= 0.6 is 11.8 Å². The smallest absolute Gasteiger partial charge is 0.174 e. The van der Waals surface area contributed by atoms with Crippen LogP contribution in [-0.4, -0.2) is 24.9 Å². The number of nitrogens with zero attached hydrogens (tertiary/aromatic N) is 5. The van der Waals surface area contributed by atoms with Gasteiger partial charge in [-0.3, -0.25) is 0 Å². The maximum Gasteiger partial charge on any atom is 0.174 e. The van der Waals surface area contributed by atoms with Gasteiger partial charge in [0.1, 0.15) is 11.1 Å². The first-order valence-electron chi connectivity index (χ1n) is 6.74. The lowest BCUT2D eigenvalue weighted by Gasteiger charge is -2.10. The third-order valence-electron chi connectivity index (χ3n) is 3.32. The van der Waals surface area contributed by atoms with Crippen molar-refractivity contribution in [3.63, 3.8) is 0 Å². The van der Waals surface area contributed by atoms with E-state index in [0.717, 1.165) is 24.1 Å². The zero-order chi connectivity index (χ0) is 15.4. The molecule has 6 nitrogen and oxygen atoms in total. The number of hydrogen-bond donors (Lipinski definition) is 1. The number of hydrogen-bond acceptors (Lipinski definition) is 6. The van der Waals surface area contributed by atoms with E-state index in [0.29, 0.717) is 21.4 Å². The number of rotatable bonds is 5. The van der Waals surface area contributed by atoms with E-state index in [2.05, 4.69) is 21.3 Å². The molecule has 0 atom stereocenters. The Morgan fingerprint density at radius 3 is 2.62 bits per heavy atom. The molecule has 0 bridgehead atoms. The van der Waals surface area contributed by atoms with Gasteiger partial charge in [-0.15, -0.1) is 5.10 Å². The minimum Gasteiger partial charge on any atom is -0.390 e. The van der Waals surface area contributed by atoms with Crippen LogP contribution in [0.25, 0.3) is 0 Å². The Bertz CT molecular complexity index is 689. The molecule has 0 spiro atoms. The molecule has 0 aliphatic rings. The summed E-state index contributed by atoms with van der Waals surface area (Å²) in [6.07, 6.45) is 3.12. The van der Waals surface area contributed by atoms with Gasteiger partial charge in [-0.2, -0.15) is 10.4 Å². The maximum atomic E-state index is 9.45. The van der Waals surface area contributed by atoms with E-state index in [-0.39, 0.29) is 6.61 Å². The van der Waals surface area contributed by atoms with Crippen molar-refractivity contribution in [1.82, 2.24) is 19.7 Å². The summed E-state index contributed by atoms with van der Waals surface area (Å²) in [5.41, 5.74) is 3.11. The predicted octanol–water partition coefficient (Wildman–Crippen LogP) is 1.85. The van der Waals surface area contributed by atoms with Crippen LogP contribution in [0.1, 0.15) is 36.4 Å².